The third-order valence-electron chi connectivity index (χ3n) is 3.51. The Balaban J connectivity index is 2.33. The molecule has 2 aromatic rings. The van der Waals surface area contributed by atoms with Gasteiger partial charge < -0.3 is 14.8 Å². The Bertz CT molecular complexity index is 966. The Morgan fingerprint density at radius 2 is 2.00 bits per heavy atom. The van der Waals surface area contributed by atoms with Gasteiger partial charge in [0.25, 0.3) is 11.6 Å². The Kier molecular flexibility index (Phi) is 6.36. The van der Waals surface area contributed by atoms with Crippen LogP contribution in [0.3, 0.4) is 0 Å². The molecule has 0 heterocycles. The molecule has 8 nitrogen and oxygen atoms in total. The van der Waals surface area contributed by atoms with Gasteiger partial charge in [-0.2, -0.15) is 5.26 Å². The van der Waals surface area contributed by atoms with E-state index in [9.17, 15) is 20.2 Å². The molecule has 27 heavy (non-hydrogen) atoms. The maximum atomic E-state index is 12.4. The van der Waals surface area contributed by atoms with Crippen LogP contribution in [0.2, 0.25) is 5.02 Å². The fourth-order valence-corrected chi connectivity index (χ4v) is 2.39. The van der Waals surface area contributed by atoms with Crippen LogP contribution in [0.25, 0.3) is 6.08 Å². The number of non-ortho nitro benzene ring substituents is 1. The minimum Gasteiger partial charge on any atom is -0.497 e. The van der Waals surface area contributed by atoms with Gasteiger partial charge in [0.05, 0.1) is 29.9 Å². The number of amides is 1. The number of methoxy groups -OCH3 is 2. The Labute approximate surface area is 159 Å². The molecule has 0 bridgehead atoms. The first-order valence-corrected chi connectivity index (χ1v) is 7.86. The van der Waals surface area contributed by atoms with E-state index in [0.717, 1.165) is 6.07 Å². The number of nitro groups is 1. The number of halogens is 1. The summed E-state index contributed by atoms with van der Waals surface area (Å²) in [6.07, 6.45) is 1.34. The number of ether oxygens (including phenoxy) is 2. The van der Waals surface area contributed by atoms with Crippen molar-refractivity contribution in [3.63, 3.8) is 0 Å². The molecule has 2 rings (SSSR count). The van der Waals surface area contributed by atoms with E-state index in [4.69, 9.17) is 21.1 Å². The SMILES string of the molecule is COc1ccc(OC)c(/C=C(\C#N)C(=O)Nc2ccc([N+](=O)[O-])cc2Cl)c1. The summed E-state index contributed by atoms with van der Waals surface area (Å²) in [6.45, 7) is 0. The number of carbonyl (C=O) groups excluding carboxylic acids is 1. The maximum absolute atomic E-state index is 12.4. The number of anilines is 1. The van der Waals surface area contributed by atoms with Gasteiger partial charge in [0.2, 0.25) is 0 Å². The highest BCUT2D eigenvalue weighted by atomic mass is 35.5. The summed E-state index contributed by atoms with van der Waals surface area (Å²) < 4.78 is 10.3. The summed E-state index contributed by atoms with van der Waals surface area (Å²) >= 11 is 5.95. The predicted molar refractivity (Wildman–Crippen MR) is 99.9 cm³/mol. The summed E-state index contributed by atoms with van der Waals surface area (Å²) in [4.78, 5) is 22.5. The van der Waals surface area contributed by atoms with Crippen molar-refractivity contribution < 1.29 is 19.2 Å². The second-order valence-corrected chi connectivity index (χ2v) is 5.56. The lowest BCUT2D eigenvalue weighted by Crippen LogP contribution is -2.14. The number of nitrogens with one attached hydrogen (secondary N) is 1. The average molecular weight is 388 g/mol. The van der Waals surface area contributed by atoms with E-state index in [-0.39, 0.29) is 22.0 Å². The van der Waals surface area contributed by atoms with Crippen LogP contribution in [0.1, 0.15) is 5.56 Å². The van der Waals surface area contributed by atoms with Crippen molar-refractivity contribution in [1.82, 2.24) is 0 Å². The molecule has 0 aliphatic carbocycles. The molecular weight excluding hydrogens is 374 g/mol. The van der Waals surface area contributed by atoms with Crippen molar-refractivity contribution in [2.75, 3.05) is 19.5 Å². The molecule has 138 valence electrons. The zero-order valence-electron chi connectivity index (χ0n) is 14.4. The lowest BCUT2D eigenvalue weighted by molar-refractivity contribution is -0.384. The number of nitrogens with zero attached hydrogens (tertiary/aromatic N) is 2. The molecule has 0 fully saturated rings. The van der Waals surface area contributed by atoms with Crippen molar-refractivity contribution in [3.05, 3.63) is 62.7 Å². The lowest BCUT2D eigenvalue weighted by atomic mass is 10.1. The number of carbonyl (C=O) groups is 1. The Hall–Kier alpha value is -3.57. The Morgan fingerprint density at radius 3 is 2.56 bits per heavy atom. The third kappa shape index (κ3) is 4.74. The van der Waals surface area contributed by atoms with Crippen LogP contribution >= 0.6 is 11.6 Å². The van der Waals surface area contributed by atoms with Crippen molar-refractivity contribution in [2.45, 2.75) is 0 Å². The van der Waals surface area contributed by atoms with Gasteiger partial charge in [-0.25, -0.2) is 0 Å². The van der Waals surface area contributed by atoms with Gasteiger partial charge in [-0.3, -0.25) is 14.9 Å². The second kappa shape index (κ2) is 8.69. The molecule has 0 aliphatic heterocycles. The quantitative estimate of drug-likeness (QED) is 0.349. The number of nitriles is 1. The van der Waals surface area contributed by atoms with E-state index in [0.29, 0.717) is 17.1 Å². The van der Waals surface area contributed by atoms with Gasteiger partial charge in [0.15, 0.2) is 0 Å². The van der Waals surface area contributed by atoms with Gasteiger partial charge in [0, 0.05) is 17.7 Å². The van der Waals surface area contributed by atoms with Crippen molar-refractivity contribution in [2.24, 2.45) is 0 Å². The molecule has 2 aromatic carbocycles. The van der Waals surface area contributed by atoms with Gasteiger partial charge in [-0.1, -0.05) is 11.6 Å². The topological polar surface area (TPSA) is 114 Å². The molecule has 0 saturated carbocycles. The molecule has 1 N–H and O–H groups in total. The fourth-order valence-electron chi connectivity index (χ4n) is 2.16. The van der Waals surface area contributed by atoms with E-state index >= 15 is 0 Å². The number of rotatable bonds is 6. The lowest BCUT2D eigenvalue weighted by Gasteiger charge is -2.09. The van der Waals surface area contributed by atoms with E-state index in [2.05, 4.69) is 5.32 Å². The highest BCUT2D eigenvalue weighted by Gasteiger charge is 2.15. The first-order valence-electron chi connectivity index (χ1n) is 7.48. The fraction of sp³-hybridized carbons (Fsp3) is 0.111. The van der Waals surface area contributed by atoms with Gasteiger partial charge >= 0.3 is 0 Å². The van der Waals surface area contributed by atoms with Crippen LogP contribution < -0.4 is 14.8 Å². The van der Waals surface area contributed by atoms with Crippen LogP contribution in [0.4, 0.5) is 11.4 Å². The second-order valence-electron chi connectivity index (χ2n) is 5.15. The molecular formula is C18H14ClN3O5. The molecule has 9 heteroatoms. The predicted octanol–water partition coefficient (Wildman–Crippen LogP) is 3.81. The van der Waals surface area contributed by atoms with Gasteiger partial charge in [0.1, 0.15) is 23.1 Å². The van der Waals surface area contributed by atoms with Crippen LogP contribution in [0, 0.1) is 21.4 Å². The van der Waals surface area contributed by atoms with Gasteiger partial charge in [-0.15, -0.1) is 0 Å². The van der Waals surface area contributed by atoms with Crippen LogP contribution in [-0.4, -0.2) is 25.1 Å². The molecule has 0 radical (unpaired) electrons. The minimum absolute atomic E-state index is 0.0196. The molecule has 0 aliphatic rings. The largest absolute Gasteiger partial charge is 0.497 e. The first-order chi connectivity index (χ1) is 12.9. The van der Waals surface area contributed by atoms with Gasteiger partial charge in [-0.05, 0) is 30.3 Å². The Morgan fingerprint density at radius 1 is 1.26 bits per heavy atom. The monoisotopic (exact) mass is 387 g/mol. The van der Waals surface area contributed by atoms with E-state index < -0.39 is 10.8 Å². The molecule has 0 aromatic heterocycles. The van der Waals surface area contributed by atoms with Crippen molar-refractivity contribution in [1.29, 1.82) is 5.26 Å². The number of hydrogen-bond donors (Lipinski definition) is 1. The standard InChI is InChI=1S/C18H14ClN3O5/c1-26-14-4-6-17(27-2)11(8-14)7-12(10-20)18(23)21-16-5-3-13(22(24)25)9-15(16)19/h3-9H,1-2H3,(H,21,23)/b12-7+. The molecule has 0 spiro atoms. The van der Waals surface area contributed by atoms with Crippen LogP contribution in [0.5, 0.6) is 11.5 Å². The highest BCUT2D eigenvalue weighted by molar-refractivity contribution is 6.34. The summed E-state index contributed by atoms with van der Waals surface area (Å²) in [5.41, 5.74) is 0.190. The van der Waals surface area contributed by atoms with E-state index in [1.54, 1.807) is 18.2 Å². The van der Waals surface area contributed by atoms with E-state index in [1.165, 1.54) is 32.4 Å². The molecule has 0 atom stereocenters. The normalized spacial score (nSPS) is 10.7. The number of nitro benzene ring substituents is 1. The minimum atomic E-state index is -0.724. The smallest absolute Gasteiger partial charge is 0.271 e. The summed E-state index contributed by atoms with van der Waals surface area (Å²) in [5, 5.41) is 22.5. The zero-order valence-corrected chi connectivity index (χ0v) is 15.1. The highest BCUT2D eigenvalue weighted by Crippen LogP contribution is 2.28. The van der Waals surface area contributed by atoms with Crippen molar-refractivity contribution in [3.8, 4) is 17.6 Å². The van der Waals surface area contributed by atoms with Crippen molar-refractivity contribution >= 4 is 35.0 Å². The van der Waals surface area contributed by atoms with E-state index in [1.807, 2.05) is 6.07 Å². The number of benzene rings is 2. The van der Waals surface area contributed by atoms with Crippen LogP contribution in [0.15, 0.2) is 42.0 Å². The zero-order chi connectivity index (χ0) is 20.0. The molecule has 0 saturated heterocycles. The third-order valence-corrected chi connectivity index (χ3v) is 3.83. The summed E-state index contributed by atoms with van der Waals surface area (Å²) in [5.74, 6) is 0.251. The number of hydrogen-bond acceptors (Lipinski definition) is 6. The molecule has 1 amide bonds. The summed E-state index contributed by atoms with van der Waals surface area (Å²) in [7, 11) is 2.95. The molecule has 0 unspecified atom stereocenters. The van der Waals surface area contributed by atoms with Crippen LogP contribution in [-0.2, 0) is 4.79 Å². The maximum Gasteiger partial charge on any atom is 0.271 e. The summed E-state index contributed by atoms with van der Waals surface area (Å²) in [6, 6.07) is 10.3. The average Bonchev–Trinajstić information content (AvgIpc) is 2.67. The first kappa shape index (κ1) is 19.8.